The van der Waals surface area contributed by atoms with Gasteiger partial charge in [-0.2, -0.15) is 23.4 Å². The van der Waals surface area contributed by atoms with Crippen LogP contribution in [0.1, 0.15) is 32.8 Å². The fourth-order valence-electron chi connectivity index (χ4n) is 2.51. The number of hydrogen-bond acceptors (Lipinski definition) is 7. The predicted octanol–water partition coefficient (Wildman–Crippen LogP) is 3.15. The highest BCUT2D eigenvalue weighted by atomic mass is 19.4. The summed E-state index contributed by atoms with van der Waals surface area (Å²) in [6.07, 6.45) is -1.79. The van der Waals surface area contributed by atoms with Crippen molar-refractivity contribution in [1.29, 1.82) is 5.26 Å². The molecule has 7 nitrogen and oxygen atoms in total. The minimum atomic E-state index is -4.56. The van der Waals surface area contributed by atoms with Gasteiger partial charge in [0.15, 0.2) is 0 Å². The lowest BCUT2D eigenvalue weighted by atomic mass is 10.1. The second-order valence-electron chi connectivity index (χ2n) is 6.55. The van der Waals surface area contributed by atoms with E-state index in [1.807, 2.05) is 6.92 Å². The lowest BCUT2D eigenvalue weighted by Gasteiger charge is -2.15. The normalized spacial score (nSPS) is 22.9. The molecule has 0 bridgehead atoms. The predicted molar refractivity (Wildman–Crippen MR) is 96.9 cm³/mol. The molecule has 146 valence electrons. The molecule has 0 aliphatic heterocycles. The Morgan fingerprint density at radius 2 is 2.26 bits per heavy atom. The molecule has 0 radical (unpaired) electrons. The number of halogens is 3. The SMILES string of the molecule is CCNc1nc(N/C(=C/N)C(C)=NC[C@H]2C[C@@]2(C)C#N)ncc1C(F)(F)F. The van der Waals surface area contributed by atoms with Crippen molar-refractivity contribution in [2.45, 2.75) is 33.4 Å². The van der Waals surface area contributed by atoms with E-state index in [0.29, 0.717) is 18.0 Å². The number of nitrogens with two attached hydrogens (primary N) is 1. The first kappa shape index (κ1) is 20.5. The van der Waals surface area contributed by atoms with Gasteiger partial charge in [0.25, 0.3) is 0 Å². The molecule has 0 unspecified atom stereocenters. The van der Waals surface area contributed by atoms with Crippen LogP contribution in [0.3, 0.4) is 0 Å². The summed E-state index contributed by atoms with van der Waals surface area (Å²) in [5.74, 6) is -0.145. The van der Waals surface area contributed by atoms with Gasteiger partial charge < -0.3 is 16.4 Å². The average molecular weight is 381 g/mol. The van der Waals surface area contributed by atoms with E-state index in [2.05, 4.69) is 31.7 Å². The van der Waals surface area contributed by atoms with Gasteiger partial charge in [0.05, 0.1) is 22.9 Å². The molecule has 27 heavy (non-hydrogen) atoms. The molecular weight excluding hydrogens is 359 g/mol. The number of nitrogens with zero attached hydrogens (tertiary/aromatic N) is 4. The molecule has 1 saturated carbocycles. The summed E-state index contributed by atoms with van der Waals surface area (Å²) in [5.41, 5.74) is 5.28. The molecule has 0 aromatic carbocycles. The van der Waals surface area contributed by atoms with Crippen LogP contribution in [0.5, 0.6) is 0 Å². The third kappa shape index (κ3) is 4.87. The Balaban J connectivity index is 2.14. The number of alkyl halides is 3. The first-order chi connectivity index (χ1) is 12.6. The molecule has 0 saturated heterocycles. The second-order valence-corrected chi connectivity index (χ2v) is 6.55. The smallest absolute Gasteiger partial charge is 0.403 e. The monoisotopic (exact) mass is 381 g/mol. The molecule has 1 heterocycles. The van der Waals surface area contributed by atoms with Crippen molar-refractivity contribution in [3.05, 3.63) is 23.7 Å². The van der Waals surface area contributed by atoms with Crippen LogP contribution in [0, 0.1) is 22.7 Å². The minimum Gasteiger partial charge on any atom is -0.403 e. The summed E-state index contributed by atoms with van der Waals surface area (Å²) in [5, 5.41) is 14.4. The zero-order valence-corrected chi connectivity index (χ0v) is 15.4. The van der Waals surface area contributed by atoms with Crippen LogP contribution in [-0.4, -0.2) is 28.8 Å². The molecular formula is C17H22F3N7. The van der Waals surface area contributed by atoms with E-state index in [4.69, 9.17) is 11.0 Å². The van der Waals surface area contributed by atoms with E-state index in [-0.39, 0.29) is 29.6 Å². The Hall–Kier alpha value is -2.83. The molecule has 1 aromatic rings. The van der Waals surface area contributed by atoms with E-state index in [1.165, 1.54) is 6.20 Å². The lowest BCUT2D eigenvalue weighted by Crippen LogP contribution is -2.17. The topological polar surface area (TPSA) is 112 Å². The van der Waals surface area contributed by atoms with Crippen LogP contribution in [0.15, 0.2) is 23.1 Å². The molecule has 2 atom stereocenters. The summed E-state index contributed by atoms with van der Waals surface area (Å²) in [7, 11) is 0. The van der Waals surface area contributed by atoms with Crippen LogP contribution in [0.4, 0.5) is 24.9 Å². The fraction of sp³-hybridized carbons (Fsp3) is 0.529. The van der Waals surface area contributed by atoms with Crippen molar-refractivity contribution in [3.63, 3.8) is 0 Å². The van der Waals surface area contributed by atoms with Crippen LogP contribution in [0.2, 0.25) is 0 Å². The van der Waals surface area contributed by atoms with E-state index in [1.54, 1.807) is 13.8 Å². The molecule has 1 aromatic heterocycles. The van der Waals surface area contributed by atoms with Gasteiger partial charge in [0.2, 0.25) is 5.95 Å². The van der Waals surface area contributed by atoms with E-state index in [9.17, 15) is 13.2 Å². The number of anilines is 2. The molecule has 0 spiro atoms. The summed E-state index contributed by atoms with van der Waals surface area (Å²) in [6, 6.07) is 2.26. The Labute approximate surface area is 155 Å². The maximum Gasteiger partial charge on any atom is 0.421 e. The van der Waals surface area contributed by atoms with Crippen molar-refractivity contribution in [2.75, 3.05) is 23.7 Å². The van der Waals surface area contributed by atoms with Crippen molar-refractivity contribution in [2.24, 2.45) is 22.1 Å². The summed E-state index contributed by atoms with van der Waals surface area (Å²) in [6.45, 7) is 6.03. The van der Waals surface area contributed by atoms with Crippen LogP contribution < -0.4 is 16.4 Å². The van der Waals surface area contributed by atoms with Crippen LogP contribution in [-0.2, 0) is 6.18 Å². The van der Waals surface area contributed by atoms with Gasteiger partial charge >= 0.3 is 6.18 Å². The maximum atomic E-state index is 13.0. The number of allylic oxidation sites excluding steroid dienone is 1. The Morgan fingerprint density at radius 1 is 1.56 bits per heavy atom. The summed E-state index contributed by atoms with van der Waals surface area (Å²) >= 11 is 0. The summed E-state index contributed by atoms with van der Waals surface area (Å²) < 4.78 is 39.1. The highest BCUT2D eigenvalue weighted by Crippen LogP contribution is 2.51. The minimum absolute atomic E-state index is 0.0292. The molecule has 1 aliphatic rings. The first-order valence-corrected chi connectivity index (χ1v) is 8.44. The number of aliphatic imine (C=N–C) groups is 1. The van der Waals surface area contributed by atoms with E-state index in [0.717, 1.165) is 12.6 Å². The number of aromatic nitrogens is 2. The van der Waals surface area contributed by atoms with Gasteiger partial charge in [-0.3, -0.25) is 4.99 Å². The lowest BCUT2D eigenvalue weighted by molar-refractivity contribution is -0.137. The standard InChI is InChI=1S/C17H22F3N7/c1-4-23-14-12(17(18,19)20)8-25-15(27-14)26-13(6-21)10(2)24-7-11-5-16(11,3)9-22/h6,8,11H,4-5,7,21H2,1-3H3,(H2,23,25,26,27)/b13-6+,24-10?/t11-,16+/m1/s1. The van der Waals surface area contributed by atoms with Gasteiger partial charge in [0, 0.05) is 25.5 Å². The Kier molecular flexibility index (Phi) is 5.93. The second kappa shape index (κ2) is 7.82. The van der Waals surface area contributed by atoms with Crippen molar-refractivity contribution >= 4 is 17.5 Å². The first-order valence-electron chi connectivity index (χ1n) is 8.44. The van der Waals surface area contributed by atoms with Crippen LogP contribution in [0.25, 0.3) is 0 Å². The van der Waals surface area contributed by atoms with Gasteiger partial charge in [-0.15, -0.1) is 0 Å². The zero-order valence-electron chi connectivity index (χ0n) is 15.4. The van der Waals surface area contributed by atoms with Gasteiger partial charge in [0.1, 0.15) is 11.4 Å². The average Bonchev–Trinajstić information content (AvgIpc) is 3.28. The molecule has 4 N–H and O–H groups in total. The maximum absolute atomic E-state index is 13.0. The Bertz CT molecular complexity index is 795. The third-order valence-electron chi connectivity index (χ3n) is 4.46. The van der Waals surface area contributed by atoms with Gasteiger partial charge in [-0.25, -0.2) is 4.98 Å². The van der Waals surface area contributed by atoms with E-state index >= 15 is 0 Å². The highest BCUT2D eigenvalue weighted by Gasteiger charge is 2.50. The van der Waals surface area contributed by atoms with Gasteiger partial charge in [-0.05, 0) is 33.1 Å². The molecule has 1 aliphatic carbocycles. The number of hydrogen-bond donors (Lipinski definition) is 3. The number of nitrogens with one attached hydrogen (secondary N) is 2. The third-order valence-corrected chi connectivity index (χ3v) is 4.46. The Morgan fingerprint density at radius 3 is 2.78 bits per heavy atom. The van der Waals surface area contributed by atoms with E-state index < -0.39 is 11.7 Å². The zero-order chi connectivity index (χ0) is 20.2. The van der Waals surface area contributed by atoms with Crippen molar-refractivity contribution in [1.82, 2.24) is 9.97 Å². The van der Waals surface area contributed by atoms with Crippen molar-refractivity contribution in [3.8, 4) is 6.07 Å². The largest absolute Gasteiger partial charge is 0.421 e. The molecule has 0 amide bonds. The molecule has 10 heteroatoms. The fourth-order valence-corrected chi connectivity index (χ4v) is 2.51. The van der Waals surface area contributed by atoms with Gasteiger partial charge in [-0.1, -0.05) is 0 Å². The molecule has 2 rings (SSSR count). The van der Waals surface area contributed by atoms with Crippen molar-refractivity contribution < 1.29 is 13.2 Å². The highest BCUT2D eigenvalue weighted by molar-refractivity contribution is 6.00. The van der Waals surface area contributed by atoms with Crippen LogP contribution >= 0.6 is 0 Å². The quantitative estimate of drug-likeness (QED) is 0.626. The molecule has 1 fully saturated rings. The number of rotatable bonds is 7. The number of nitriles is 1. The summed E-state index contributed by atoms with van der Waals surface area (Å²) in [4.78, 5) is 12.0.